The van der Waals surface area contributed by atoms with Gasteiger partial charge in [-0.05, 0) is 6.07 Å². The third-order valence-electron chi connectivity index (χ3n) is 2.15. The zero-order chi connectivity index (χ0) is 12.4. The molecule has 0 aliphatic carbocycles. The number of nitro benzene ring substituents is 1. The zero-order valence-electron chi connectivity index (χ0n) is 8.92. The van der Waals surface area contributed by atoms with Crippen molar-refractivity contribution in [3.8, 4) is 0 Å². The van der Waals surface area contributed by atoms with Crippen molar-refractivity contribution in [2.75, 3.05) is 5.32 Å². The summed E-state index contributed by atoms with van der Waals surface area (Å²) in [4.78, 5) is 10.4. The number of anilines is 2. The van der Waals surface area contributed by atoms with Crippen molar-refractivity contribution in [1.29, 1.82) is 0 Å². The van der Waals surface area contributed by atoms with E-state index < -0.39 is 4.92 Å². The molecule has 0 unspecified atom stereocenters. The molecule has 0 amide bonds. The summed E-state index contributed by atoms with van der Waals surface area (Å²) in [6, 6.07) is 6.20. The molecule has 0 saturated carbocycles. The van der Waals surface area contributed by atoms with Gasteiger partial charge in [0.1, 0.15) is 5.69 Å². The SMILES string of the molecule is Cn1ccc(Nc2c(Cl)cccc2[N+](=O)[O-])n1. The maximum atomic E-state index is 10.9. The molecular formula is C10H9ClN4O2. The van der Waals surface area contributed by atoms with Crippen LogP contribution in [0.25, 0.3) is 0 Å². The molecule has 0 fully saturated rings. The van der Waals surface area contributed by atoms with Crippen LogP contribution < -0.4 is 5.32 Å². The molecule has 1 N–H and O–H groups in total. The summed E-state index contributed by atoms with van der Waals surface area (Å²) in [7, 11) is 1.76. The molecule has 0 bridgehead atoms. The van der Waals surface area contributed by atoms with E-state index in [2.05, 4.69) is 10.4 Å². The molecule has 7 heteroatoms. The smallest absolute Gasteiger partial charge is 0.294 e. The van der Waals surface area contributed by atoms with Crippen LogP contribution >= 0.6 is 11.6 Å². The van der Waals surface area contributed by atoms with Gasteiger partial charge < -0.3 is 5.32 Å². The average molecular weight is 253 g/mol. The Morgan fingerprint density at radius 2 is 2.24 bits per heavy atom. The van der Waals surface area contributed by atoms with E-state index in [1.165, 1.54) is 12.1 Å². The third kappa shape index (κ3) is 2.36. The Morgan fingerprint density at radius 3 is 2.82 bits per heavy atom. The molecule has 1 aromatic carbocycles. The lowest BCUT2D eigenvalue weighted by molar-refractivity contribution is -0.383. The summed E-state index contributed by atoms with van der Waals surface area (Å²) < 4.78 is 1.59. The van der Waals surface area contributed by atoms with Gasteiger partial charge in [-0.1, -0.05) is 17.7 Å². The molecule has 17 heavy (non-hydrogen) atoms. The van der Waals surface area contributed by atoms with Gasteiger partial charge in [0.05, 0.1) is 9.95 Å². The van der Waals surface area contributed by atoms with E-state index >= 15 is 0 Å². The predicted molar refractivity (Wildman–Crippen MR) is 64.6 cm³/mol. The Balaban J connectivity index is 2.40. The van der Waals surface area contributed by atoms with Crippen LogP contribution in [0.15, 0.2) is 30.5 Å². The van der Waals surface area contributed by atoms with Crippen molar-refractivity contribution in [2.24, 2.45) is 7.05 Å². The van der Waals surface area contributed by atoms with Gasteiger partial charge in [0.15, 0.2) is 5.82 Å². The summed E-state index contributed by atoms with van der Waals surface area (Å²) in [6.07, 6.45) is 1.73. The van der Waals surface area contributed by atoms with Crippen molar-refractivity contribution in [3.63, 3.8) is 0 Å². The Bertz CT molecular complexity index is 567. The first-order chi connectivity index (χ1) is 8.08. The van der Waals surface area contributed by atoms with E-state index in [1.807, 2.05) is 0 Å². The Hall–Kier alpha value is -2.08. The van der Waals surface area contributed by atoms with Gasteiger partial charge in [-0.15, -0.1) is 0 Å². The van der Waals surface area contributed by atoms with Gasteiger partial charge in [-0.25, -0.2) is 0 Å². The minimum absolute atomic E-state index is 0.0804. The molecule has 0 aliphatic heterocycles. The first kappa shape index (κ1) is 11.4. The largest absolute Gasteiger partial charge is 0.332 e. The Morgan fingerprint density at radius 1 is 1.47 bits per heavy atom. The predicted octanol–water partition coefficient (Wildman–Crippen LogP) is 2.73. The summed E-state index contributed by atoms with van der Waals surface area (Å²) in [5.74, 6) is 0.503. The van der Waals surface area contributed by atoms with Gasteiger partial charge in [0.25, 0.3) is 5.69 Å². The van der Waals surface area contributed by atoms with E-state index in [1.54, 1.807) is 30.1 Å². The van der Waals surface area contributed by atoms with Gasteiger partial charge in [-0.2, -0.15) is 5.10 Å². The number of hydrogen-bond acceptors (Lipinski definition) is 4. The maximum Gasteiger partial charge on any atom is 0.294 e. The number of nitrogens with zero attached hydrogens (tertiary/aromatic N) is 3. The average Bonchev–Trinajstić information content (AvgIpc) is 2.67. The third-order valence-corrected chi connectivity index (χ3v) is 2.47. The number of halogens is 1. The topological polar surface area (TPSA) is 73.0 Å². The number of nitrogens with one attached hydrogen (secondary N) is 1. The monoisotopic (exact) mass is 252 g/mol. The lowest BCUT2D eigenvalue weighted by Gasteiger charge is -2.05. The fraction of sp³-hybridized carbons (Fsp3) is 0.100. The van der Waals surface area contributed by atoms with Crippen LogP contribution in [-0.4, -0.2) is 14.7 Å². The minimum Gasteiger partial charge on any atom is -0.332 e. The maximum absolute atomic E-state index is 10.9. The van der Waals surface area contributed by atoms with Crippen LogP contribution in [0.1, 0.15) is 0 Å². The lowest BCUT2D eigenvalue weighted by Crippen LogP contribution is -1.99. The molecule has 0 saturated heterocycles. The van der Waals surface area contributed by atoms with Crippen molar-refractivity contribution in [2.45, 2.75) is 0 Å². The molecule has 1 heterocycles. The fourth-order valence-electron chi connectivity index (χ4n) is 1.40. The highest BCUT2D eigenvalue weighted by molar-refractivity contribution is 6.33. The minimum atomic E-state index is -0.489. The molecule has 0 spiro atoms. The standard InChI is InChI=1S/C10H9ClN4O2/c1-14-6-5-9(13-14)12-10-7(11)3-2-4-8(10)15(16)17/h2-6H,1H3,(H,12,13). The van der Waals surface area contributed by atoms with E-state index in [9.17, 15) is 10.1 Å². The molecule has 6 nitrogen and oxygen atoms in total. The Kier molecular flexibility index (Phi) is 2.97. The van der Waals surface area contributed by atoms with E-state index in [4.69, 9.17) is 11.6 Å². The molecule has 0 atom stereocenters. The van der Waals surface area contributed by atoms with E-state index in [-0.39, 0.29) is 16.4 Å². The highest BCUT2D eigenvalue weighted by Gasteiger charge is 2.17. The van der Waals surface area contributed by atoms with Crippen molar-refractivity contribution in [3.05, 3.63) is 45.6 Å². The van der Waals surface area contributed by atoms with E-state index in [0.29, 0.717) is 5.82 Å². The first-order valence-corrected chi connectivity index (χ1v) is 5.15. The van der Waals surface area contributed by atoms with Gasteiger partial charge in [0, 0.05) is 25.4 Å². The molecule has 2 aromatic rings. The molecule has 0 radical (unpaired) electrons. The summed E-state index contributed by atoms with van der Waals surface area (Å²) in [6.45, 7) is 0. The number of rotatable bonds is 3. The van der Waals surface area contributed by atoms with Crippen LogP contribution in [0, 0.1) is 10.1 Å². The first-order valence-electron chi connectivity index (χ1n) is 4.77. The Labute approximate surface area is 102 Å². The number of para-hydroxylation sites is 1. The van der Waals surface area contributed by atoms with E-state index in [0.717, 1.165) is 0 Å². The summed E-state index contributed by atoms with van der Waals surface area (Å²) >= 11 is 5.93. The van der Waals surface area contributed by atoms with Gasteiger partial charge in [-0.3, -0.25) is 14.8 Å². The molecule has 0 aliphatic rings. The zero-order valence-corrected chi connectivity index (χ0v) is 9.68. The second kappa shape index (κ2) is 4.42. The second-order valence-electron chi connectivity index (χ2n) is 3.39. The van der Waals surface area contributed by atoms with Crippen molar-refractivity contribution < 1.29 is 4.92 Å². The van der Waals surface area contributed by atoms with Crippen LogP contribution in [0.5, 0.6) is 0 Å². The van der Waals surface area contributed by atoms with Crippen molar-refractivity contribution in [1.82, 2.24) is 9.78 Å². The van der Waals surface area contributed by atoms with Gasteiger partial charge >= 0.3 is 0 Å². The number of nitro groups is 1. The van der Waals surface area contributed by atoms with Crippen molar-refractivity contribution >= 4 is 28.8 Å². The molecular weight excluding hydrogens is 244 g/mol. The number of aryl methyl sites for hydroxylation is 1. The highest BCUT2D eigenvalue weighted by Crippen LogP contribution is 2.33. The van der Waals surface area contributed by atoms with Crippen LogP contribution in [0.3, 0.4) is 0 Å². The molecule has 88 valence electrons. The number of aromatic nitrogens is 2. The molecule has 2 rings (SSSR count). The fourth-order valence-corrected chi connectivity index (χ4v) is 1.62. The quantitative estimate of drug-likeness (QED) is 0.673. The van der Waals surface area contributed by atoms with Crippen LogP contribution in [0.2, 0.25) is 5.02 Å². The lowest BCUT2D eigenvalue weighted by atomic mass is 10.2. The number of benzene rings is 1. The van der Waals surface area contributed by atoms with Gasteiger partial charge in [0.2, 0.25) is 0 Å². The summed E-state index contributed by atoms with van der Waals surface area (Å²) in [5, 5.41) is 18.0. The molecule has 1 aromatic heterocycles. The van der Waals surface area contributed by atoms with Crippen LogP contribution in [-0.2, 0) is 7.05 Å². The normalized spacial score (nSPS) is 10.2. The summed E-state index contributed by atoms with van der Waals surface area (Å²) in [5.41, 5.74) is 0.168. The van der Waals surface area contributed by atoms with Crippen LogP contribution in [0.4, 0.5) is 17.2 Å². The number of hydrogen-bond donors (Lipinski definition) is 1. The second-order valence-corrected chi connectivity index (χ2v) is 3.80. The highest BCUT2D eigenvalue weighted by atomic mass is 35.5.